The highest BCUT2D eigenvalue weighted by Crippen LogP contribution is 2.27. The number of carbonyl (C=O) groups excluding carboxylic acids is 2. The Kier molecular flexibility index (Phi) is 3.01. The van der Waals surface area contributed by atoms with Gasteiger partial charge in [-0.1, -0.05) is 19.3 Å². The van der Waals surface area contributed by atoms with Crippen LogP contribution >= 0.6 is 0 Å². The lowest BCUT2D eigenvalue weighted by molar-refractivity contribution is 0.0693. The third-order valence-corrected chi connectivity index (χ3v) is 4.07. The molecule has 2 aliphatic rings. The third-order valence-electron chi connectivity index (χ3n) is 4.07. The summed E-state index contributed by atoms with van der Waals surface area (Å²) in [5.41, 5.74) is 1.98. The number of fused-ring (bicyclic) bond motifs is 1. The molecule has 1 aromatic rings. The van der Waals surface area contributed by atoms with Crippen molar-refractivity contribution in [2.75, 3.05) is 12.4 Å². The first-order valence-corrected chi connectivity index (χ1v) is 6.90. The van der Waals surface area contributed by atoms with Crippen molar-refractivity contribution in [1.29, 1.82) is 0 Å². The number of carbonyl (C=O) groups is 2. The van der Waals surface area contributed by atoms with Gasteiger partial charge in [0.15, 0.2) is 0 Å². The fourth-order valence-electron chi connectivity index (χ4n) is 2.93. The molecule has 0 spiro atoms. The van der Waals surface area contributed by atoms with E-state index >= 15 is 0 Å². The van der Waals surface area contributed by atoms with Gasteiger partial charge in [0.2, 0.25) is 0 Å². The van der Waals surface area contributed by atoms with Crippen molar-refractivity contribution in [2.24, 2.45) is 0 Å². The zero-order valence-corrected chi connectivity index (χ0v) is 11.1. The van der Waals surface area contributed by atoms with Crippen molar-refractivity contribution in [3.8, 4) is 0 Å². The number of nitrogens with zero attached hydrogens (tertiary/aromatic N) is 1. The maximum atomic E-state index is 11.9. The summed E-state index contributed by atoms with van der Waals surface area (Å²) in [5.74, 6) is -0.406. The van der Waals surface area contributed by atoms with E-state index in [1.54, 1.807) is 6.07 Å². The second kappa shape index (κ2) is 4.68. The van der Waals surface area contributed by atoms with Gasteiger partial charge >= 0.3 is 0 Å². The van der Waals surface area contributed by atoms with Gasteiger partial charge in [-0.25, -0.2) is 0 Å². The van der Waals surface area contributed by atoms with E-state index in [2.05, 4.69) is 5.32 Å². The molecular formula is C15H18N2O2. The molecule has 1 fully saturated rings. The standard InChI is InChI=1S/C15H18N2O2/c1-17-14(18)12-8-7-11(9-13(12)15(17)19)16-10-5-3-2-4-6-10/h7-10,16H,2-6H2,1H3. The Bertz CT molecular complexity index is 533. The van der Waals surface area contributed by atoms with Crippen LogP contribution in [0.1, 0.15) is 52.8 Å². The number of rotatable bonds is 2. The maximum absolute atomic E-state index is 11.9. The van der Waals surface area contributed by atoms with Crippen molar-refractivity contribution >= 4 is 17.5 Å². The first-order chi connectivity index (χ1) is 9.16. The van der Waals surface area contributed by atoms with E-state index in [9.17, 15) is 9.59 Å². The highest BCUT2D eigenvalue weighted by atomic mass is 16.2. The molecule has 4 heteroatoms. The summed E-state index contributed by atoms with van der Waals surface area (Å²) >= 11 is 0. The molecule has 0 unspecified atom stereocenters. The molecule has 1 aliphatic heterocycles. The molecule has 2 amide bonds. The van der Waals surface area contributed by atoms with E-state index in [0.29, 0.717) is 17.2 Å². The predicted molar refractivity (Wildman–Crippen MR) is 73.4 cm³/mol. The monoisotopic (exact) mass is 258 g/mol. The molecule has 100 valence electrons. The summed E-state index contributed by atoms with van der Waals surface area (Å²) in [5, 5.41) is 3.48. The fourth-order valence-corrected chi connectivity index (χ4v) is 2.93. The van der Waals surface area contributed by atoms with Gasteiger partial charge in [-0.15, -0.1) is 0 Å². The highest BCUT2D eigenvalue weighted by molar-refractivity contribution is 6.21. The van der Waals surface area contributed by atoms with Crippen LogP contribution < -0.4 is 5.32 Å². The molecule has 1 aliphatic carbocycles. The van der Waals surface area contributed by atoms with E-state index in [1.165, 1.54) is 44.1 Å². The fraction of sp³-hybridized carbons (Fsp3) is 0.467. The van der Waals surface area contributed by atoms with Crippen LogP contribution in [0.25, 0.3) is 0 Å². The molecule has 4 nitrogen and oxygen atoms in total. The number of hydrogen-bond acceptors (Lipinski definition) is 3. The number of hydrogen-bond donors (Lipinski definition) is 1. The Morgan fingerprint density at radius 2 is 1.74 bits per heavy atom. The number of anilines is 1. The number of benzene rings is 1. The lowest BCUT2D eigenvalue weighted by Gasteiger charge is -2.24. The number of amides is 2. The van der Waals surface area contributed by atoms with Gasteiger partial charge in [0.25, 0.3) is 11.8 Å². The average molecular weight is 258 g/mol. The van der Waals surface area contributed by atoms with Crippen LogP contribution in [0.2, 0.25) is 0 Å². The second-order valence-electron chi connectivity index (χ2n) is 5.41. The summed E-state index contributed by atoms with van der Waals surface area (Å²) in [4.78, 5) is 24.9. The van der Waals surface area contributed by atoms with E-state index in [0.717, 1.165) is 5.69 Å². The zero-order chi connectivity index (χ0) is 13.4. The summed E-state index contributed by atoms with van der Waals surface area (Å²) in [6.07, 6.45) is 6.22. The van der Waals surface area contributed by atoms with E-state index < -0.39 is 0 Å². The molecule has 0 aromatic heterocycles. The molecule has 0 radical (unpaired) electrons. The van der Waals surface area contributed by atoms with Crippen LogP contribution in [0.3, 0.4) is 0 Å². The van der Waals surface area contributed by atoms with E-state index in [-0.39, 0.29) is 11.8 Å². The summed E-state index contributed by atoms with van der Waals surface area (Å²) in [7, 11) is 1.53. The Morgan fingerprint density at radius 3 is 2.47 bits per heavy atom. The van der Waals surface area contributed by atoms with Crippen molar-refractivity contribution in [1.82, 2.24) is 4.90 Å². The van der Waals surface area contributed by atoms with Crippen molar-refractivity contribution in [3.63, 3.8) is 0 Å². The minimum absolute atomic E-state index is 0.202. The average Bonchev–Trinajstić information content (AvgIpc) is 2.65. The molecule has 0 bridgehead atoms. The summed E-state index contributed by atoms with van der Waals surface area (Å²) in [6.45, 7) is 0. The topological polar surface area (TPSA) is 49.4 Å². The zero-order valence-electron chi connectivity index (χ0n) is 11.1. The third kappa shape index (κ3) is 2.11. The van der Waals surface area contributed by atoms with E-state index in [4.69, 9.17) is 0 Å². The minimum atomic E-state index is -0.204. The van der Waals surface area contributed by atoms with Gasteiger partial charge in [-0.05, 0) is 31.0 Å². The van der Waals surface area contributed by atoms with Crippen LogP contribution in [0.4, 0.5) is 5.69 Å². The van der Waals surface area contributed by atoms with Gasteiger partial charge in [0, 0.05) is 18.8 Å². The molecule has 1 heterocycles. The van der Waals surface area contributed by atoms with Gasteiger partial charge in [-0.3, -0.25) is 14.5 Å². The molecule has 19 heavy (non-hydrogen) atoms. The van der Waals surface area contributed by atoms with Crippen LogP contribution in [0, 0.1) is 0 Å². The molecular weight excluding hydrogens is 240 g/mol. The first kappa shape index (κ1) is 12.2. The van der Waals surface area contributed by atoms with Gasteiger partial charge in [0.1, 0.15) is 0 Å². The molecule has 0 atom stereocenters. The Morgan fingerprint density at radius 1 is 1.05 bits per heavy atom. The molecule has 1 aromatic carbocycles. The van der Waals surface area contributed by atoms with Gasteiger partial charge in [-0.2, -0.15) is 0 Å². The lowest BCUT2D eigenvalue weighted by Crippen LogP contribution is -2.24. The smallest absolute Gasteiger partial charge is 0.261 e. The second-order valence-corrected chi connectivity index (χ2v) is 5.41. The highest BCUT2D eigenvalue weighted by Gasteiger charge is 2.32. The van der Waals surface area contributed by atoms with Gasteiger partial charge < -0.3 is 5.32 Å². The van der Waals surface area contributed by atoms with Crippen LogP contribution in [0.15, 0.2) is 18.2 Å². The molecule has 0 saturated heterocycles. The molecule has 3 rings (SSSR count). The first-order valence-electron chi connectivity index (χ1n) is 6.90. The maximum Gasteiger partial charge on any atom is 0.261 e. The normalized spacial score (nSPS) is 19.7. The summed E-state index contributed by atoms with van der Waals surface area (Å²) < 4.78 is 0. The van der Waals surface area contributed by atoms with Crippen molar-refractivity contribution in [3.05, 3.63) is 29.3 Å². The Hall–Kier alpha value is -1.84. The Balaban J connectivity index is 1.82. The quantitative estimate of drug-likeness (QED) is 0.830. The van der Waals surface area contributed by atoms with Crippen molar-refractivity contribution in [2.45, 2.75) is 38.1 Å². The van der Waals surface area contributed by atoms with Gasteiger partial charge in [0.05, 0.1) is 11.1 Å². The van der Waals surface area contributed by atoms with Crippen LogP contribution in [-0.4, -0.2) is 29.8 Å². The molecule has 1 N–H and O–H groups in total. The minimum Gasteiger partial charge on any atom is -0.382 e. The Labute approximate surface area is 112 Å². The SMILES string of the molecule is CN1C(=O)c2ccc(NC3CCCCC3)cc2C1=O. The van der Waals surface area contributed by atoms with Crippen LogP contribution in [-0.2, 0) is 0 Å². The van der Waals surface area contributed by atoms with Crippen molar-refractivity contribution < 1.29 is 9.59 Å². The predicted octanol–water partition coefficient (Wildman–Crippen LogP) is 2.66. The summed E-state index contributed by atoms with van der Waals surface area (Å²) in [6, 6.07) is 5.96. The number of nitrogens with one attached hydrogen (secondary N) is 1. The van der Waals surface area contributed by atoms with Crippen LogP contribution in [0.5, 0.6) is 0 Å². The number of imide groups is 1. The molecule has 1 saturated carbocycles. The lowest BCUT2D eigenvalue weighted by atomic mass is 9.95. The van der Waals surface area contributed by atoms with E-state index in [1.807, 2.05) is 12.1 Å². The largest absolute Gasteiger partial charge is 0.382 e.